The molecule has 0 saturated heterocycles. The van der Waals surface area contributed by atoms with Crippen molar-refractivity contribution < 1.29 is 13.0 Å². The lowest BCUT2D eigenvalue weighted by Gasteiger charge is -2.10. The largest absolute Gasteiger partial charge is 0.285 e. The summed E-state index contributed by atoms with van der Waals surface area (Å²) in [5, 5.41) is -0.897. The summed E-state index contributed by atoms with van der Waals surface area (Å²) in [5.41, 5.74) is 0.530. The van der Waals surface area contributed by atoms with E-state index >= 15 is 0 Å². The van der Waals surface area contributed by atoms with Crippen LogP contribution in [-0.4, -0.2) is 28.2 Å². The Kier molecular flexibility index (Phi) is 3.93. The Balaban J connectivity index is 2.81. The lowest BCUT2D eigenvalue weighted by molar-refractivity contribution is 0.465. The highest BCUT2D eigenvalue weighted by Crippen LogP contribution is 2.10. The van der Waals surface area contributed by atoms with Crippen molar-refractivity contribution in [1.29, 1.82) is 0 Å². The maximum absolute atomic E-state index is 11.0. The first-order valence-electron chi connectivity index (χ1n) is 4.36. The summed E-state index contributed by atoms with van der Waals surface area (Å²) in [6, 6.07) is 0. The molecule has 0 radical (unpaired) electrons. The summed E-state index contributed by atoms with van der Waals surface area (Å²) in [7, 11) is -4.06. The van der Waals surface area contributed by atoms with E-state index < -0.39 is 15.4 Å². The van der Waals surface area contributed by atoms with Crippen molar-refractivity contribution in [2.75, 3.05) is 0 Å². The van der Waals surface area contributed by atoms with E-state index in [0.29, 0.717) is 5.69 Å². The third-order valence-corrected chi connectivity index (χ3v) is 3.11. The van der Waals surface area contributed by atoms with Crippen LogP contribution in [0.15, 0.2) is 31.2 Å². The number of allylic oxidation sites excluding steroid dienone is 1. The van der Waals surface area contributed by atoms with Crippen molar-refractivity contribution in [2.24, 2.45) is 0 Å². The van der Waals surface area contributed by atoms with Gasteiger partial charge in [-0.25, -0.2) is 0 Å². The van der Waals surface area contributed by atoms with Crippen LogP contribution in [0.4, 0.5) is 0 Å². The topological polar surface area (TPSA) is 80.2 Å². The van der Waals surface area contributed by atoms with Crippen LogP contribution in [0.25, 0.3) is 0 Å². The molecule has 0 aromatic carbocycles. The van der Waals surface area contributed by atoms with Gasteiger partial charge in [-0.05, 0) is 6.42 Å². The molecule has 0 bridgehead atoms. The SMILES string of the molecule is C=CCC(Cc1cnccn1)S(=O)(=O)O. The smallest absolute Gasteiger partial charge is 0.268 e. The molecule has 1 heterocycles. The number of hydrogen-bond acceptors (Lipinski definition) is 4. The Morgan fingerprint density at radius 2 is 2.27 bits per heavy atom. The van der Waals surface area contributed by atoms with Gasteiger partial charge in [0.15, 0.2) is 0 Å². The molecule has 0 amide bonds. The fourth-order valence-corrected chi connectivity index (χ4v) is 1.93. The molecule has 0 aliphatic carbocycles. The maximum Gasteiger partial charge on any atom is 0.268 e. The molecular weight excluding hydrogens is 216 g/mol. The van der Waals surface area contributed by atoms with Crippen LogP contribution in [0, 0.1) is 0 Å². The van der Waals surface area contributed by atoms with Gasteiger partial charge >= 0.3 is 0 Å². The highest BCUT2D eigenvalue weighted by molar-refractivity contribution is 7.86. The van der Waals surface area contributed by atoms with Crippen molar-refractivity contribution in [3.05, 3.63) is 36.9 Å². The summed E-state index contributed by atoms with van der Waals surface area (Å²) < 4.78 is 30.9. The van der Waals surface area contributed by atoms with Crippen molar-refractivity contribution in [3.63, 3.8) is 0 Å². The summed E-state index contributed by atoms with van der Waals surface area (Å²) in [6.07, 6.45) is 6.23. The van der Waals surface area contributed by atoms with Gasteiger partial charge in [-0.1, -0.05) is 6.08 Å². The Bertz CT molecular complexity index is 416. The van der Waals surface area contributed by atoms with E-state index in [2.05, 4.69) is 16.5 Å². The van der Waals surface area contributed by atoms with E-state index in [4.69, 9.17) is 4.55 Å². The minimum absolute atomic E-state index is 0.138. The van der Waals surface area contributed by atoms with E-state index in [9.17, 15) is 8.42 Å². The second kappa shape index (κ2) is 4.99. The Morgan fingerprint density at radius 1 is 1.53 bits per heavy atom. The molecule has 15 heavy (non-hydrogen) atoms. The molecule has 0 fully saturated rings. The van der Waals surface area contributed by atoms with E-state index in [-0.39, 0.29) is 12.8 Å². The molecule has 0 spiro atoms. The average molecular weight is 228 g/mol. The van der Waals surface area contributed by atoms with Crippen molar-refractivity contribution in [1.82, 2.24) is 9.97 Å². The van der Waals surface area contributed by atoms with Gasteiger partial charge in [0.25, 0.3) is 10.1 Å². The predicted molar refractivity (Wildman–Crippen MR) is 55.9 cm³/mol. The second-order valence-corrected chi connectivity index (χ2v) is 4.76. The van der Waals surface area contributed by atoms with Gasteiger partial charge in [-0.15, -0.1) is 6.58 Å². The normalized spacial score (nSPS) is 13.4. The van der Waals surface area contributed by atoms with E-state index in [1.807, 2.05) is 0 Å². The van der Waals surface area contributed by atoms with Gasteiger partial charge in [0, 0.05) is 25.0 Å². The van der Waals surface area contributed by atoms with Crippen LogP contribution in [0.2, 0.25) is 0 Å². The lowest BCUT2D eigenvalue weighted by atomic mass is 10.2. The quantitative estimate of drug-likeness (QED) is 0.597. The third kappa shape index (κ3) is 3.77. The molecule has 5 nitrogen and oxygen atoms in total. The Hall–Kier alpha value is -1.27. The highest BCUT2D eigenvalue weighted by atomic mass is 32.2. The molecule has 6 heteroatoms. The zero-order valence-electron chi connectivity index (χ0n) is 8.07. The molecule has 1 N–H and O–H groups in total. The summed E-state index contributed by atoms with van der Waals surface area (Å²) in [6.45, 7) is 3.44. The van der Waals surface area contributed by atoms with Gasteiger partial charge in [0.05, 0.1) is 10.9 Å². The third-order valence-electron chi connectivity index (χ3n) is 1.90. The molecular formula is C9H12N2O3S. The van der Waals surface area contributed by atoms with Crippen LogP contribution in [0.1, 0.15) is 12.1 Å². The first-order chi connectivity index (χ1) is 7.04. The predicted octanol–water partition coefficient (Wildman–Crippen LogP) is 0.852. The first-order valence-corrected chi connectivity index (χ1v) is 5.86. The van der Waals surface area contributed by atoms with Gasteiger partial charge < -0.3 is 0 Å². The van der Waals surface area contributed by atoms with Crippen molar-refractivity contribution in [2.45, 2.75) is 18.1 Å². The van der Waals surface area contributed by atoms with Crippen LogP contribution in [-0.2, 0) is 16.5 Å². The second-order valence-electron chi connectivity index (χ2n) is 3.06. The standard InChI is InChI=1S/C9H12N2O3S/c1-2-3-9(15(12,13)14)6-8-7-10-4-5-11-8/h2,4-5,7,9H,1,3,6H2,(H,12,13,14). The van der Waals surface area contributed by atoms with Crippen LogP contribution in [0.3, 0.4) is 0 Å². The summed E-state index contributed by atoms with van der Waals surface area (Å²) in [5.74, 6) is 0. The fourth-order valence-electron chi connectivity index (χ4n) is 1.16. The van der Waals surface area contributed by atoms with Gasteiger partial charge in [0.1, 0.15) is 0 Å². The van der Waals surface area contributed by atoms with Gasteiger partial charge in [-0.3, -0.25) is 14.5 Å². The molecule has 0 aliphatic heterocycles. The molecule has 0 saturated carbocycles. The lowest BCUT2D eigenvalue weighted by Crippen LogP contribution is -2.22. The van der Waals surface area contributed by atoms with E-state index in [1.165, 1.54) is 24.7 Å². The zero-order valence-corrected chi connectivity index (χ0v) is 8.89. The van der Waals surface area contributed by atoms with Crippen LogP contribution < -0.4 is 0 Å². The number of nitrogens with zero attached hydrogens (tertiary/aromatic N) is 2. The van der Waals surface area contributed by atoms with Crippen LogP contribution >= 0.6 is 0 Å². The van der Waals surface area contributed by atoms with Crippen molar-refractivity contribution in [3.8, 4) is 0 Å². The molecule has 1 atom stereocenters. The van der Waals surface area contributed by atoms with E-state index in [1.54, 1.807) is 0 Å². The first kappa shape index (κ1) is 11.8. The minimum Gasteiger partial charge on any atom is -0.285 e. The molecule has 0 aliphatic rings. The molecule has 82 valence electrons. The van der Waals surface area contributed by atoms with Crippen molar-refractivity contribution >= 4 is 10.1 Å². The molecule has 1 aromatic heterocycles. The molecule has 1 rings (SSSR count). The monoisotopic (exact) mass is 228 g/mol. The Labute approximate surface area is 88.6 Å². The maximum atomic E-state index is 11.0. The van der Waals surface area contributed by atoms with Crippen LogP contribution in [0.5, 0.6) is 0 Å². The minimum atomic E-state index is -4.06. The number of aromatic nitrogens is 2. The van der Waals surface area contributed by atoms with Gasteiger partial charge in [0.2, 0.25) is 0 Å². The average Bonchev–Trinajstić information content (AvgIpc) is 2.17. The summed E-state index contributed by atoms with van der Waals surface area (Å²) >= 11 is 0. The van der Waals surface area contributed by atoms with E-state index in [0.717, 1.165) is 0 Å². The zero-order chi connectivity index (χ0) is 11.3. The highest BCUT2D eigenvalue weighted by Gasteiger charge is 2.22. The molecule has 1 aromatic rings. The molecule has 1 unspecified atom stereocenters. The number of hydrogen-bond donors (Lipinski definition) is 1. The fraction of sp³-hybridized carbons (Fsp3) is 0.333. The number of rotatable bonds is 5. The summed E-state index contributed by atoms with van der Waals surface area (Å²) in [4.78, 5) is 7.76. The Morgan fingerprint density at radius 3 is 2.73 bits per heavy atom. The van der Waals surface area contributed by atoms with Gasteiger partial charge in [-0.2, -0.15) is 8.42 Å².